The molecule has 0 saturated heterocycles. The molecule has 0 atom stereocenters. The van der Waals surface area contributed by atoms with Gasteiger partial charge in [0, 0.05) is 24.1 Å². The minimum absolute atomic E-state index is 0.229. The van der Waals surface area contributed by atoms with Crippen LogP contribution in [-0.2, 0) is 4.74 Å². The summed E-state index contributed by atoms with van der Waals surface area (Å²) >= 11 is 1.56. The van der Waals surface area contributed by atoms with Crippen molar-refractivity contribution in [1.82, 2.24) is 4.98 Å². The minimum atomic E-state index is -0.229. The number of thiazole rings is 1. The fourth-order valence-electron chi connectivity index (χ4n) is 1.69. The third kappa shape index (κ3) is 4.58. The van der Waals surface area contributed by atoms with Crippen LogP contribution in [0.4, 0.5) is 9.52 Å². The molecular weight excluding hydrogens is 275 g/mol. The molecule has 1 heterocycles. The number of hydrogen-bond donors (Lipinski definition) is 1. The van der Waals surface area contributed by atoms with Crippen LogP contribution in [-0.4, -0.2) is 24.2 Å². The molecule has 5 heteroatoms. The number of aromatic nitrogens is 1. The lowest BCUT2D eigenvalue weighted by molar-refractivity contribution is 0.0787. The molecule has 0 amide bonds. The summed E-state index contributed by atoms with van der Waals surface area (Å²) < 4.78 is 18.3. The Morgan fingerprint density at radius 2 is 2.05 bits per heavy atom. The molecule has 2 aromatic rings. The number of nitrogens with zero attached hydrogens (tertiary/aromatic N) is 1. The van der Waals surface area contributed by atoms with E-state index in [1.54, 1.807) is 23.5 Å². The highest BCUT2D eigenvalue weighted by molar-refractivity contribution is 7.14. The predicted molar refractivity (Wildman–Crippen MR) is 81.7 cm³/mol. The second kappa shape index (κ2) is 7.36. The molecule has 1 N–H and O–H groups in total. The van der Waals surface area contributed by atoms with Crippen molar-refractivity contribution in [2.24, 2.45) is 0 Å². The Bertz CT molecular complexity index is 525. The molecule has 0 unspecified atom stereocenters. The van der Waals surface area contributed by atoms with Crippen LogP contribution in [0.5, 0.6) is 0 Å². The van der Waals surface area contributed by atoms with Crippen LogP contribution in [0.15, 0.2) is 29.6 Å². The second-order valence-corrected chi connectivity index (χ2v) is 5.60. The summed E-state index contributed by atoms with van der Waals surface area (Å²) in [6.45, 7) is 5.65. The van der Waals surface area contributed by atoms with E-state index in [1.165, 1.54) is 12.1 Å². The van der Waals surface area contributed by atoms with Gasteiger partial charge in [-0.1, -0.05) is 0 Å². The fourth-order valence-corrected chi connectivity index (χ4v) is 2.44. The number of benzene rings is 1. The third-order valence-corrected chi connectivity index (χ3v) is 3.49. The maximum atomic E-state index is 12.9. The van der Waals surface area contributed by atoms with E-state index in [1.807, 2.05) is 19.2 Å². The fraction of sp³-hybridized carbons (Fsp3) is 0.400. The topological polar surface area (TPSA) is 34.1 Å². The molecule has 0 saturated carbocycles. The summed E-state index contributed by atoms with van der Waals surface area (Å²) in [5.74, 6) is -0.229. The van der Waals surface area contributed by atoms with Gasteiger partial charge in [-0.15, -0.1) is 11.3 Å². The molecule has 108 valence electrons. The lowest BCUT2D eigenvalue weighted by atomic mass is 10.2. The van der Waals surface area contributed by atoms with Crippen LogP contribution < -0.4 is 5.32 Å². The van der Waals surface area contributed by atoms with Crippen molar-refractivity contribution in [3.8, 4) is 11.3 Å². The van der Waals surface area contributed by atoms with E-state index in [-0.39, 0.29) is 11.9 Å². The van der Waals surface area contributed by atoms with Crippen molar-refractivity contribution in [3.63, 3.8) is 0 Å². The zero-order valence-corrected chi connectivity index (χ0v) is 12.5. The average molecular weight is 294 g/mol. The third-order valence-electron chi connectivity index (χ3n) is 2.69. The van der Waals surface area contributed by atoms with E-state index in [2.05, 4.69) is 10.3 Å². The molecule has 0 aliphatic heterocycles. The molecule has 0 aliphatic carbocycles. The number of ether oxygens (including phenoxy) is 1. The molecule has 0 radical (unpaired) electrons. The van der Waals surface area contributed by atoms with Crippen LogP contribution in [0.1, 0.15) is 20.3 Å². The highest BCUT2D eigenvalue weighted by Gasteiger charge is 2.04. The van der Waals surface area contributed by atoms with Crippen molar-refractivity contribution < 1.29 is 9.13 Å². The van der Waals surface area contributed by atoms with Gasteiger partial charge < -0.3 is 10.1 Å². The van der Waals surface area contributed by atoms with Gasteiger partial charge in [0.2, 0.25) is 0 Å². The summed E-state index contributed by atoms with van der Waals surface area (Å²) in [4.78, 5) is 4.49. The molecule has 20 heavy (non-hydrogen) atoms. The van der Waals surface area contributed by atoms with Gasteiger partial charge >= 0.3 is 0 Å². The molecule has 3 nitrogen and oxygen atoms in total. The summed E-state index contributed by atoms with van der Waals surface area (Å²) in [6.07, 6.45) is 1.23. The van der Waals surface area contributed by atoms with Crippen LogP contribution in [0.2, 0.25) is 0 Å². The van der Waals surface area contributed by atoms with E-state index in [0.29, 0.717) is 0 Å². The molecule has 0 bridgehead atoms. The zero-order valence-electron chi connectivity index (χ0n) is 11.7. The first-order chi connectivity index (χ1) is 9.65. The van der Waals surface area contributed by atoms with Crippen molar-refractivity contribution in [1.29, 1.82) is 0 Å². The molecule has 2 rings (SSSR count). The molecule has 0 aliphatic rings. The van der Waals surface area contributed by atoms with Crippen LogP contribution in [0.25, 0.3) is 11.3 Å². The maximum absolute atomic E-state index is 12.9. The van der Waals surface area contributed by atoms with Gasteiger partial charge in [0.25, 0.3) is 0 Å². The van der Waals surface area contributed by atoms with Gasteiger partial charge in [0.1, 0.15) is 5.82 Å². The summed E-state index contributed by atoms with van der Waals surface area (Å²) in [7, 11) is 0. The van der Waals surface area contributed by atoms with Crippen molar-refractivity contribution in [3.05, 3.63) is 35.5 Å². The summed E-state index contributed by atoms with van der Waals surface area (Å²) in [5.41, 5.74) is 1.80. The highest BCUT2D eigenvalue weighted by Crippen LogP contribution is 2.24. The number of rotatable bonds is 7. The van der Waals surface area contributed by atoms with Crippen molar-refractivity contribution >= 4 is 16.5 Å². The van der Waals surface area contributed by atoms with Gasteiger partial charge in [-0.25, -0.2) is 9.37 Å². The van der Waals surface area contributed by atoms with Crippen molar-refractivity contribution in [2.75, 3.05) is 18.5 Å². The van der Waals surface area contributed by atoms with Crippen LogP contribution in [0.3, 0.4) is 0 Å². The molecule has 1 aromatic carbocycles. The number of nitrogens with one attached hydrogen (secondary N) is 1. The minimum Gasteiger partial charge on any atom is -0.379 e. The quantitative estimate of drug-likeness (QED) is 0.778. The van der Waals surface area contributed by atoms with Crippen molar-refractivity contribution in [2.45, 2.75) is 26.4 Å². The zero-order chi connectivity index (χ0) is 14.4. The smallest absolute Gasteiger partial charge is 0.183 e. The lowest BCUT2D eigenvalue weighted by Gasteiger charge is -2.07. The first-order valence-electron chi connectivity index (χ1n) is 6.72. The molecular formula is C15H19FN2OS. The van der Waals surface area contributed by atoms with Crippen LogP contribution >= 0.6 is 11.3 Å². The molecule has 0 fully saturated rings. The molecule has 1 aromatic heterocycles. The Balaban J connectivity index is 1.82. The summed E-state index contributed by atoms with van der Waals surface area (Å²) in [6, 6.07) is 6.38. The maximum Gasteiger partial charge on any atom is 0.183 e. The number of anilines is 1. The highest BCUT2D eigenvalue weighted by atomic mass is 32.1. The van der Waals surface area contributed by atoms with Gasteiger partial charge in [0.15, 0.2) is 5.13 Å². The average Bonchev–Trinajstić information content (AvgIpc) is 2.87. The Kier molecular flexibility index (Phi) is 5.49. The normalized spacial score (nSPS) is 11.0. The molecule has 0 spiro atoms. The van der Waals surface area contributed by atoms with E-state index in [9.17, 15) is 4.39 Å². The van der Waals surface area contributed by atoms with Gasteiger partial charge in [-0.2, -0.15) is 0 Å². The first-order valence-corrected chi connectivity index (χ1v) is 7.60. The Morgan fingerprint density at radius 1 is 1.30 bits per heavy atom. The van der Waals surface area contributed by atoms with Gasteiger partial charge in [-0.05, 0) is 44.5 Å². The van der Waals surface area contributed by atoms with Crippen LogP contribution in [0, 0.1) is 5.82 Å². The van der Waals surface area contributed by atoms with E-state index in [0.717, 1.165) is 36.0 Å². The van der Waals surface area contributed by atoms with Gasteiger partial charge in [-0.3, -0.25) is 0 Å². The Hall–Kier alpha value is -1.46. The standard InChI is InChI=1S/C15H19FN2OS/c1-11(2)19-9-3-8-17-15-18-14(10-20-15)12-4-6-13(16)7-5-12/h4-7,10-11H,3,8-9H2,1-2H3,(H,17,18). The summed E-state index contributed by atoms with van der Waals surface area (Å²) in [5, 5.41) is 6.13. The van der Waals surface area contributed by atoms with E-state index < -0.39 is 0 Å². The lowest BCUT2D eigenvalue weighted by Crippen LogP contribution is -2.09. The second-order valence-electron chi connectivity index (χ2n) is 4.74. The Labute approximate surface area is 122 Å². The largest absolute Gasteiger partial charge is 0.379 e. The SMILES string of the molecule is CC(C)OCCCNc1nc(-c2ccc(F)cc2)cs1. The van der Waals surface area contributed by atoms with E-state index in [4.69, 9.17) is 4.74 Å². The Morgan fingerprint density at radius 3 is 2.75 bits per heavy atom. The monoisotopic (exact) mass is 294 g/mol. The number of halogens is 1. The first kappa shape index (κ1) is 14.9. The predicted octanol–water partition coefficient (Wildman–Crippen LogP) is 4.18. The van der Waals surface area contributed by atoms with E-state index >= 15 is 0 Å². The van der Waals surface area contributed by atoms with Gasteiger partial charge in [0.05, 0.1) is 11.8 Å². The number of hydrogen-bond acceptors (Lipinski definition) is 4.